The van der Waals surface area contributed by atoms with Crippen molar-refractivity contribution in [1.29, 1.82) is 0 Å². The highest BCUT2D eigenvalue weighted by molar-refractivity contribution is 5.92. The highest BCUT2D eigenvalue weighted by Gasteiger charge is 2.16. The summed E-state index contributed by atoms with van der Waals surface area (Å²) in [6.07, 6.45) is 1.28. The minimum atomic E-state index is -0.493. The largest absolute Gasteiger partial charge is 0.497 e. The molecule has 4 rings (SSSR count). The zero-order valence-electron chi connectivity index (χ0n) is 18.9. The zero-order valence-corrected chi connectivity index (χ0v) is 18.9. The van der Waals surface area contributed by atoms with Gasteiger partial charge in [0.15, 0.2) is 0 Å². The van der Waals surface area contributed by atoms with Gasteiger partial charge < -0.3 is 19.5 Å². The van der Waals surface area contributed by atoms with Crippen molar-refractivity contribution in [3.63, 3.8) is 0 Å². The minimum Gasteiger partial charge on any atom is -0.497 e. The third-order valence-electron chi connectivity index (χ3n) is 5.37. The van der Waals surface area contributed by atoms with Gasteiger partial charge in [-0.15, -0.1) is 0 Å². The van der Waals surface area contributed by atoms with E-state index in [1.807, 2.05) is 72.8 Å². The predicted molar refractivity (Wildman–Crippen MR) is 129 cm³/mol. The first kappa shape index (κ1) is 22.9. The summed E-state index contributed by atoms with van der Waals surface area (Å²) in [7, 11) is 1.59. The van der Waals surface area contributed by atoms with Gasteiger partial charge in [-0.25, -0.2) is 9.59 Å². The number of amides is 1. The monoisotopic (exact) mass is 458 g/mol. The molecule has 174 valence electrons. The number of hydrogen-bond donors (Lipinski definition) is 1. The number of nitrogens with one attached hydrogen (secondary N) is 1. The fourth-order valence-electron chi connectivity index (χ4n) is 3.62. The minimum absolute atomic E-state index is 0.180. The van der Waals surface area contributed by atoms with Gasteiger partial charge in [-0.2, -0.15) is 0 Å². The van der Waals surface area contributed by atoms with Crippen LogP contribution in [0.5, 0.6) is 5.75 Å². The molecule has 0 unspecified atom stereocenters. The maximum absolute atomic E-state index is 12.8. The van der Waals surface area contributed by atoms with E-state index in [4.69, 9.17) is 14.2 Å². The van der Waals surface area contributed by atoms with Crippen molar-refractivity contribution in [2.75, 3.05) is 13.7 Å². The van der Waals surface area contributed by atoms with Crippen LogP contribution < -0.4 is 10.1 Å². The van der Waals surface area contributed by atoms with E-state index < -0.39 is 12.2 Å². The first-order valence-electron chi connectivity index (χ1n) is 11.0. The number of hydrogen-bond acceptors (Lipinski definition) is 5. The molecule has 1 amide bonds. The second-order valence-corrected chi connectivity index (χ2v) is 7.69. The molecule has 7 nitrogen and oxygen atoms in total. The highest BCUT2D eigenvalue weighted by atomic mass is 16.6. The van der Waals surface area contributed by atoms with Crippen LogP contribution in [0, 0.1) is 0 Å². The summed E-state index contributed by atoms with van der Waals surface area (Å²) in [4.78, 5) is 24.9. The lowest BCUT2D eigenvalue weighted by molar-refractivity contribution is 0.139. The van der Waals surface area contributed by atoms with Crippen LogP contribution in [0.1, 0.15) is 16.7 Å². The summed E-state index contributed by atoms with van der Waals surface area (Å²) in [6, 6.07) is 24.5. The molecule has 34 heavy (non-hydrogen) atoms. The summed E-state index contributed by atoms with van der Waals surface area (Å²) in [5.74, 6) is 0.680. The quantitative estimate of drug-likeness (QED) is 0.387. The second kappa shape index (κ2) is 11.0. The molecule has 4 aromatic rings. The van der Waals surface area contributed by atoms with Crippen LogP contribution in [0.2, 0.25) is 0 Å². The van der Waals surface area contributed by atoms with Gasteiger partial charge >= 0.3 is 12.2 Å². The van der Waals surface area contributed by atoms with Crippen LogP contribution in [0.15, 0.2) is 85.1 Å². The fraction of sp³-hybridized carbons (Fsp3) is 0.185. The van der Waals surface area contributed by atoms with Crippen LogP contribution >= 0.6 is 0 Å². The first-order valence-corrected chi connectivity index (χ1v) is 11.0. The summed E-state index contributed by atoms with van der Waals surface area (Å²) in [6.45, 7) is 0.735. The molecule has 0 fully saturated rings. The van der Waals surface area contributed by atoms with Crippen LogP contribution in [-0.2, 0) is 29.1 Å². The Morgan fingerprint density at radius 3 is 2.15 bits per heavy atom. The van der Waals surface area contributed by atoms with Gasteiger partial charge in [0.05, 0.1) is 12.6 Å². The van der Waals surface area contributed by atoms with Crippen molar-refractivity contribution in [1.82, 2.24) is 9.88 Å². The molecule has 0 aliphatic carbocycles. The van der Waals surface area contributed by atoms with Crippen LogP contribution in [-0.4, -0.2) is 30.4 Å². The second-order valence-electron chi connectivity index (χ2n) is 7.69. The van der Waals surface area contributed by atoms with Crippen molar-refractivity contribution < 1.29 is 23.8 Å². The van der Waals surface area contributed by atoms with Gasteiger partial charge in [0.25, 0.3) is 0 Å². The molecule has 3 aromatic carbocycles. The van der Waals surface area contributed by atoms with Crippen molar-refractivity contribution in [2.45, 2.75) is 19.6 Å². The fourth-order valence-corrected chi connectivity index (χ4v) is 3.62. The molecule has 1 heterocycles. The van der Waals surface area contributed by atoms with Gasteiger partial charge in [-0.3, -0.25) is 4.57 Å². The van der Waals surface area contributed by atoms with E-state index in [0.717, 1.165) is 22.1 Å². The van der Waals surface area contributed by atoms with Crippen LogP contribution in [0.4, 0.5) is 9.59 Å². The van der Waals surface area contributed by atoms with E-state index in [-0.39, 0.29) is 13.2 Å². The number of ether oxygens (including phenoxy) is 3. The number of carbonyl (C=O) groups is 2. The normalized spacial score (nSPS) is 10.6. The number of benzene rings is 3. The zero-order chi connectivity index (χ0) is 23.8. The average Bonchev–Trinajstić information content (AvgIpc) is 3.25. The molecule has 0 saturated carbocycles. The predicted octanol–water partition coefficient (Wildman–Crippen LogP) is 5.30. The molecule has 0 radical (unpaired) electrons. The standard InChI is InChI=1S/C27H26N2O5/c1-32-23-12-13-25-24(16-23)22(14-15-28-26(30)33-18-20-8-4-2-5-9-20)17-29(25)27(31)34-19-21-10-6-3-7-11-21/h2-13,16-17H,14-15,18-19H2,1H3,(H,28,30). The van der Waals surface area contributed by atoms with Gasteiger partial charge in [0.1, 0.15) is 19.0 Å². The molecule has 0 spiro atoms. The Hall–Kier alpha value is -4.26. The highest BCUT2D eigenvalue weighted by Crippen LogP contribution is 2.27. The Labute approximate surface area is 197 Å². The molecule has 0 aliphatic rings. The van der Waals surface area contributed by atoms with Gasteiger partial charge in [0, 0.05) is 18.1 Å². The summed E-state index contributed by atoms with van der Waals surface area (Å²) in [5, 5.41) is 3.62. The van der Waals surface area contributed by atoms with Crippen LogP contribution in [0.3, 0.4) is 0 Å². The van der Waals surface area contributed by atoms with E-state index in [0.29, 0.717) is 24.2 Å². The van der Waals surface area contributed by atoms with Gasteiger partial charge in [0.2, 0.25) is 0 Å². The summed E-state index contributed by atoms with van der Waals surface area (Å²) >= 11 is 0. The van der Waals surface area contributed by atoms with E-state index >= 15 is 0 Å². The number of carbonyl (C=O) groups excluding carboxylic acids is 2. The van der Waals surface area contributed by atoms with E-state index in [2.05, 4.69) is 5.32 Å². The molecule has 0 aliphatic heterocycles. The summed E-state index contributed by atoms with van der Waals surface area (Å²) < 4.78 is 17.6. The van der Waals surface area contributed by atoms with E-state index in [1.54, 1.807) is 19.4 Å². The Balaban J connectivity index is 1.41. The lowest BCUT2D eigenvalue weighted by Crippen LogP contribution is -2.26. The van der Waals surface area contributed by atoms with Gasteiger partial charge in [-0.05, 0) is 41.3 Å². The third kappa shape index (κ3) is 5.75. The van der Waals surface area contributed by atoms with E-state index in [9.17, 15) is 9.59 Å². The van der Waals surface area contributed by atoms with Crippen molar-refractivity contribution >= 4 is 23.1 Å². The smallest absolute Gasteiger partial charge is 0.418 e. The first-order chi connectivity index (χ1) is 16.6. The number of alkyl carbamates (subject to hydrolysis) is 1. The van der Waals surface area contributed by atoms with E-state index in [1.165, 1.54) is 4.57 Å². The molecule has 1 N–H and O–H groups in total. The molecule has 7 heteroatoms. The summed E-state index contributed by atoms with van der Waals surface area (Å²) in [5.41, 5.74) is 3.42. The molecule has 0 bridgehead atoms. The topological polar surface area (TPSA) is 78.8 Å². The Kier molecular flexibility index (Phi) is 7.45. The number of nitrogens with zero attached hydrogens (tertiary/aromatic N) is 1. The van der Waals surface area contributed by atoms with Gasteiger partial charge in [-0.1, -0.05) is 60.7 Å². The molecular weight excluding hydrogens is 432 g/mol. The maximum Gasteiger partial charge on any atom is 0.418 e. The Morgan fingerprint density at radius 1 is 0.853 bits per heavy atom. The number of fused-ring (bicyclic) bond motifs is 1. The average molecular weight is 459 g/mol. The SMILES string of the molecule is COc1ccc2c(c1)c(CCNC(=O)OCc1ccccc1)cn2C(=O)OCc1ccccc1. The van der Waals surface area contributed by atoms with Crippen molar-refractivity contribution in [3.8, 4) is 5.75 Å². The number of methoxy groups -OCH3 is 1. The number of rotatable bonds is 8. The number of aromatic nitrogens is 1. The lowest BCUT2D eigenvalue weighted by Gasteiger charge is -2.07. The maximum atomic E-state index is 12.8. The lowest BCUT2D eigenvalue weighted by atomic mass is 10.1. The molecule has 1 aromatic heterocycles. The third-order valence-corrected chi connectivity index (χ3v) is 5.37. The van der Waals surface area contributed by atoms with Crippen molar-refractivity contribution in [2.24, 2.45) is 0 Å². The molecule has 0 atom stereocenters. The van der Waals surface area contributed by atoms with Crippen LogP contribution in [0.25, 0.3) is 10.9 Å². The van der Waals surface area contributed by atoms with Crippen molar-refractivity contribution in [3.05, 3.63) is 102 Å². The Bertz CT molecular complexity index is 1250. The molecule has 0 saturated heterocycles. The Morgan fingerprint density at radius 2 is 1.50 bits per heavy atom. The molecular formula is C27H26N2O5.